The third kappa shape index (κ3) is 8.10. The summed E-state index contributed by atoms with van der Waals surface area (Å²) in [7, 11) is 0. The summed E-state index contributed by atoms with van der Waals surface area (Å²) in [5.74, 6) is -3.27. The van der Waals surface area contributed by atoms with Gasteiger partial charge in [0.05, 0.1) is 24.8 Å². The van der Waals surface area contributed by atoms with Crippen molar-refractivity contribution in [3.8, 4) is 0 Å². The van der Waals surface area contributed by atoms with Crippen molar-refractivity contribution in [1.29, 1.82) is 0 Å². The van der Waals surface area contributed by atoms with Crippen molar-refractivity contribution in [2.24, 2.45) is 0 Å². The van der Waals surface area contributed by atoms with Crippen LogP contribution in [-0.2, 0) is 39.6 Å². The van der Waals surface area contributed by atoms with Gasteiger partial charge in [-0.1, -0.05) is 34.9 Å². The normalized spacial score (nSPS) is 11.7. The van der Waals surface area contributed by atoms with Crippen molar-refractivity contribution >= 4 is 46.8 Å². The lowest BCUT2D eigenvalue weighted by Crippen LogP contribution is -2.45. The number of thioether (sulfide) groups is 1. The van der Waals surface area contributed by atoms with E-state index in [1.807, 2.05) is 0 Å². The topological polar surface area (TPSA) is 169 Å². The summed E-state index contributed by atoms with van der Waals surface area (Å²) in [6, 6.07) is 2.88. The second kappa shape index (κ2) is 13.8. The zero-order valence-corrected chi connectivity index (χ0v) is 22.6. The summed E-state index contributed by atoms with van der Waals surface area (Å²) >= 11 is 7.04. The smallest absolute Gasteiger partial charge is 0.305 e. The molecule has 0 aliphatic heterocycles. The van der Waals surface area contributed by atoms with Crippen LogP contribution in [0.1, 0.15) is 36.0 Å². The number of hydrogen-bond donors (Lipinski definition) is 3. The number of aryl methyl sites for hydroxylation is 2. The number of carboxylic acids is 1. The van der Waals surface area contributed by atoms with Gasteiger partial charge in [0.15, 0.2) is 11.6 Å². The van der Waals surface area contributed by atoms with Gasteiger partial charge in [-0.25, -0.2) is 14.0 Å². The first kappa shape index (κ1) is 29.8. The number of nitrogens with one attached hydrogen (secondary N) is 2. The van der Waals surface area contributed by atoms with Gasteiger partial charge in [-0.05, 0) is 25.5 Å². The summed E-state index contributed by atoms with van der Waals surface area (Å²) in [6.07, 6.45) is 1.17. The molecule has 0 saturated carbocycles. The van der Waals surface area contributed by atoms with E-state index in [-0.39, 0.29) is 34.5 Å². The van der Waals surface area contributed by atoms with E-state index in [9.17, 15) is 28.7 Å². The number of hydrogen-bond acceptors (Lipinski definition) is 10. The van der Waals surface area contributed by atoms with E-state index in [1.54, 1.807) is 13.8 Å². The van der Waals surface area contributed by atoms with Crippen molar-refractivity contribution < 1.29 is 28.5 Å². The number of Topliss-reactive ketones (excluding diaryl/α,β-unsaturated/α-hetero) is 1. The van der Waals surface area contributed by atoms with E-state index >= 15 is 0 Å². The predicted molar refractivity (Wildman–Crippen MR) is 141 cm³/mol. The molecule has 1 atom stereocenters. The highest BCUT2D eigenvalue weighted by Crippen LogP contribution is 2.24. The van der Waals surface area contributed by atoms with Gasteiger partial charge in [-0.2, -0.15) is 0 Å². The first-order chi connectivity index (χ1) is 18.6. The predicted octanol–water partition coefficient (Wildman–Crippen LogP) is 2.36. The van der Waals surface area contributed by atoms with Crippen LogP contribution >= 0.6 is 23.4 Å². The Balaban J connectivity index is 1.68. The second-order valence-corrected chi connectivity index (χ2v) is 9.76. The molecule has 0 spiro atoms. The Morgan fingerprint density at radius 1 is 1.28 bits per heavy atom. The highest BCUT2D eigenvalue weighted by molar-refractivity contribution is 7.99. The SMILES string of the molecule is CCc1cnc(NCc2nonc2C)c(=O)n1CC(=O)N[C@@H](CC(=O)O)C(=O)CSCc1c(F)cccc1Cl. The van der Waals surface area contributed by atoms with Crippen LogP contribution in [-0.4, -0.2) is 54.4 Å². The molecule has 208 valence electrons. The van der Waals surface area contributed by atoms with Crippen LogP contribution in [0.4, 0.5) is 10.2 Å². The van der Waals surface area contributed by atoms with Crippen molar-refractivity contribution in [2.75, 3.05) is 11.1 Å². The highest BCUT2D eigenvalue weighted by Gasteiger charge is 2.25. The molecule has 1 amide bonds. The summed E-state index contributed by atoms with van der Waals surface area (Å²) < 4.78 is 19.8. The van der Waals surface area contributed by atoms with Crippen molar-refractivity contribution in [2.45, 2.75) is 51.6 Å². The Kier molecular flexibility index (Phi) is 10.6. The Morgan fingerprint density at radius 3 is 2.69 bits per heavy atom. The molecule has 15 heteroatoms. The van der Waals surface area contributed by atoms with Gasteiger partial charge in [0, 0.05) is 28.2 Å². The second-order valence-electron chi connectivity index (χ2n) is 8.37. The maximum atomic E-state index is 14.0. The Hall–Kier alpha value is -3.78. The largest absolute Gasteiger partial charge is 0.481 e. The fourth-order valence-electron chi connectivity index (χ4n) is 3.50. The average Bonchev–Trinajstić information content (AvgIpc) is 3.30. The van der Waals surface area contributed by atoms with Crippen LogP contribution < -0.4 is 16.2 Å². The molecule has 1 aromatic carbocycles. The molecule has 0 aliphatic carbocycles. The average molecular weight is 581 g/mol. The van der Waals surface area contributed by atoms with E-state index in [0.717, 1.165) is 11.8 Å². The van der Waals surface area contributed by atoms with Crippen LogP contribution in [0.3, 0.4) is 0 Å². The van der Waals surface area contributed by atoms with E-state index in [0.29, 0.717) is 23.5 Å². The molecule has 0 unspecified atom stereocenters. The molecular formula is C24H26ClFN6O6S. The molecule has 2 heterocycles. The minimum absolute atomic E-state index is 0.0382. The Bertz CT molecular complexity index is 1390. The first-order valence-electron chi connectivity index (χ1n) is 11.8. The first-order valence-corrected chi connectivity index (χ1v) is 13.3. The summed E-state index contributed by atoms with van der Waals surface area (Å²) in [6.45, 7) is 3.11. The number of ketones is 1. The van der Waals surface area contributed by atoms with Gasteiger partial charge >= 0.3 is 5.97 Å². The molecule has 0 fully saturated rings. The highest BCUT2D eigenvalue weighted by atomic mass is 35.5. The molecule has 12 nitrogen and oxygen atoms in total. The quantitative estimate of drug-likeness (QED) is 0.256. The molecule has 0 aliphatic rings. The van der Waals surface area contributed by atoms with Crippen molar-refractivity contribution in [3.63, 3.8) is 0 Å². The van der Waals surface area contributed by atoms with E-state index in [4.69, 9.17) is 11.6 Å². The van der Waals surface area contributed by atoms with E-state index < -0.39 is 48.0 Å². The zero-order valence-electron chi connectivity index (χ0n) is 21.1. The molecule has 3 aromatic rings. The molecule has 3 N–H and O–H groups in total. The number of carboxylic acid groups (broad SMARTS) is 1. The third-order valence-electron chi connectivity index (χ3n) is 5.63. The lowest BCUT2D eigenvalue weighted by atomic mass is 10.1. The van der Waals surface area contributed by atoms with E-state index in [2.05, 4.69) is 30.6 Å². The van der Waals surface area contributed by atoms with Crippen molar-refractivity contribution in [1.82, 2.24) is 25.2 Å². The Morgan fingerprint density at radius 2 is 2.05 bits per heavy atom. The summed E-state index contributed by atoms with van der Waals surface area (Å²) in [4.78, 5) is 54.2. The monoisotopic (exact) mass is 580 g/mol. The number of aliphatic carboxylic acids is 1. The van der Waals surface area contributed by atoms with Gasteiger partial charge in [0.1, 0.15) is 23.7 Å². The number of carbonyl (C=O) groups is 3. The molecule has 0 radical (unpaired) electrons. The Labute approximate surface area is 231 Å². The summed E-state index contributed by atoms with van der Waals surface area (Å²) in [5.41, 5.74) is 1.11. The minimum atomic E-state index is -1.35. The van der Waals surface area contributed by atoms with Crippen LogP contribution in [0, 0.1) is 12.7 Å². The van der Waals surface area contributed by atoms with Gasteiger partial charge < -0.3 is 15.7 Å². The molecule has 0 bridgehead atoms. The fourth-order valence-corrected chi connectivity index (χ4v) is 4.82. The standard InChI is InChI=1S/C24H26ClFN6O6S/c1-3-14-8-27-23(28-9-19-13(2)30-38-31-19)24(37)32(14)10-21(34)29-18(7-22(35)36)20(33)12-39-11-15-16(25)5-4-6-17(15)26/h4-6,8,18H,3,7,9-12H2,1-2H3,(H,27,28)(H,29,34)(H,35,36)/t18-/m0/s1. The number of aromatic nitrogens is 4. The maximum absolute atomic E-state index is 14.0. The van der Waals surface area contributed by atoms with Gasteiger partial charge in [-0.15, -0.1) is 11.8 Å². The number of halogens is 2. The number of carbonyl (C=O) groups excluding carboxylic acids is 2. The molecular weight excluding hydrogens is 555 g/mol. The van der Waals surface area contributed by atoms with Gasteiger partial charge in [0.25, 0.3) is 5.56 Å². The number of benzene rings is 1. The molecule has 3 rings (SSSR count). The van der Waals surface area contributed by atoms with Gasteiger partial charge in [0.2, 0.25) is 5.91 Å². The maximum Gasteiger partial charge on any atom is 0.305 e. The number of nitrogens with zero attached hydrogens (tertiary/aromatic N) is 4. The third-order valence-corrected chi connectivity index (χ3v) is 6.96. The fraction of sp³-hybridized carbons (Fsp3) is 0.375. The van der Waals surface area contributed by atoms with E-state index in [1.165, 1.54) is 29.0 Å². The molecule has 0 saturated heterocycles. The van der Waals surface area contributed by atoms with Crippen LogP contribution in [0.15, 0.2) is 33.8 Å². The number of anilines is 1. The van der Waals surface area contributed by atoms with Crippen LogP contribution in [0.25, 0.3) is 0 Å². The zero-order chi connectivity index (χ0) is 28.5. The number of amides is 1. The van der Waals surface area contributed by atoms with Crippen LogP contribution in [0.5, 0.6) is 0 Å². The minimum Gasteiger partial charge on any atom is -0.481 e. The summed E-state index contributed by atoms with van der Waals surface area (Å²) in [5, 5.41) is 22.1. The van der Waals surface area contributed by atoms with Gasteiger partial charge in [-0.3, -0.25) is 23.7 Å². The van der Waals surface area contributed by atoms with Crippen LogP contribution in [0.2, 0.25) is 5.02 Å². The van der Waals surface area contributed by atoms with Crippen molar-refractivity contribution in [3.05, 3.63) is 68.2 Å². The molecule has 2 aromatic heterocycles. The molecule has 39 heavy (non-hydrogen) atoms. The number of rotatable bonds is 14. The lowest BCUT2D eigenvalue weighted by molar-refractivity contribution is -0.139. The lowest BCUT2D eigenvalue weighted by Gasteiger charge is -2.18.